The van der Waals surface area contributed by atoms with Crippen molar-refractivity contribution in [2.45, 2.75) is 38.1 Å². The van der Waals surface area contributed by atoms with Crippen LogP contribution in [0.2, 0.25) is 0 Å². The molecule has 6 nitrogen and oxygen atoms in total. The first-order chi connectivity index (χ1) is 7.53. The molecule has 0 spiro atoms. The van der Waals surface area contributed by atoms with E-state index >= 15 is 0 Å². The van der Waals surface area contributed by atoms with Gasteiger partial charge in [0.15, 0.2) is 0 Å². The molecular weight excluding hydrogens is 228 g/mol. The van der Waals surface area contributed by atoms with Crippen LogP contribution in [-0.2, 0) is 16.6 Å². The standard InChI is InChI=1S/C9H18N4O2S/c1-3-5-6-12-16(14,15)8-7-11-13(4-2)9(8)10/h7,12H,3-6,10H2,1-2H3. The summed E-state index contributed by atoms with van der Waals surface area (Å²) < 4.78 is 27.6. The lowest BCUT2D eigenvalue weighted by atomic mass is 10.3. The van der Waals surface area contributed by atoms with Gasteiger partial charge < -0.3 is 5.73 Å². The summed E-state index contributed by atoms with van der Waals surface area (Å²) >= 11 is 0. The van der Waals surface area contributed by atoms with E-state index in [0.29, 0.717) is 13.1 Å². The lowest BCUT2D eigenvalue weighted by Gasteiger charge is -2.05. The van der Waals surface area contributed by atoms with Crippen molar-refractivity contribution in [3.63, 3.8) is 0 Å². The number of nitrogens with two attached hydrogens (primary N) is 1. The number of hydrogen-bond donors (Lipinski definition) is 2. The highest BCUT2D eigenvalue weighted by atomic mass is 32.2. The van der Waals surface area contributed by atoms with E-state index in [1.165, 1.54) is 10.9 Å². The summed E-state index contributed by atoms with van der Waals surface area (Å²) in [5.41, 5.74) is 5.69. The number of aromatic nitrogens is 2. The van der Waals surface area contributed by atoms with E-state index < -0.39 is 10.0 Å². The third-order valence-corrected chi connectivity index (χ3v) is 3.73. The normalized spacial score (nSPS) is 11.9. The summed E-state index contributed by atoms with van der Waals surface area (Å²) in [6.07, 6.45) is 3.03. The summed E-state index contributed by atoms with van der Waals surface area (Å²) in [7, 11) is -3.51. The fraction of sp³-hybridized carbons (Fsp3) is 0.667. The minimum atomic E-state index is -3.51. The number of rotatable bonds is 6. The molecule has 1 heterocycles. The SMILES string of the molecule is CCCCNS(=O)(=O)c1cnn(CC)c1N. The zero-order chi connectivity index (χ0) is 12.2. The Morgan fingerprint density at radius 2 is 2.19 bits per heavy atom. The smallest absolute Gasteiger partial charge is 0.245 e. The van der Waals surface area contributed by atoms with Crippen LogP contribution in [0.4, 0.5) is 5.82 Å². The van der Waals surface area contributed by atoms with E-state index in [2.05, 4.69) is 9.82 Å². The van der Waals surface area contributed by atoms with Gasteiger partial charge in [-0.15, -0.1) is 0 Å². The molecule has 3 N–H and O–H groups in total. The maximum Gasteiger partial charge on any atom is 0.245 e. The predicted molar refractivity (Wildman–Crippen MR) is 62.4 cm³/mol. The molecule has 0 aliphatic carbocycles. The van der Waals surface area contributed by atoms with Crippen molar-refractivity contribution in [2.75, 3.05) is 12.3 Å². The Morgan fingerprint density at radius 1 is 1.50 bits per heavy atom. The van der Waals surface area contributed by atoms with E-state index in [0.717, 1.165) is 12.8 Å². The van der Waals surface area contributed by atoms with Crippen LogP contribution in [-0.4, -0.2) is 24.7 Å². The molecule has 7 heteroatoms. The third-order valence-electron chi connectivity index (χ3n) is 2.26. The summed E-state index contributed by atoms with van der Waals surface area (Å²) in [5, 5.41) is 3.90. The molecule has 0 atom stereocenters. The Hall–Kier alpha value is -1.08. The van der Waals surface area contributed by atoms with Gasteiger partial charge in [-0.1, -0.05) is 13.3 Å². The Morgan fingerprint density at radius 3 is 2.69 bits per heavy atom. The molecule has 0 radical (unpaired) electrons. The minimum absolute atomic E-state index is 0.0606. The number of aryl methyl sites for hydroxylation is 1. The average Bonchev–Trinajstić information content (AvgIpc) is 2.60. The van der Waals surface area contributed by atoms with Crippen molar-refractivity contribution in [2.24, 2.45) is 0 Å². The number of nitrogen functional groups attached to an aromatic ring is 1. The highest BCUT2D eigenvalue weighted by Crippen LogP contribution is 2.16. The highest BCUT2D eigenvalue weighted by Gasteiger charge is 2.20. The molecule has 0 aliphatic rings. The number of nitrogens with one attached hydrogen (secondary N) is 1. The van der Waals surface area contributed by atoms with E-state index in [9.17, 15) is 8.42 Å². The topological polar surface area (TPSA) is 90.0 Å². The zero-order valence-electron chi connectivity index (χ0n) is 9.60. The van der Waals surface area contributed by atoms with Crippen molar-refractivity contribution in [3.05, 3.63) is 6.20 Å². The van der Waals surface area contributed by atoms with Gasteiger partial charge in [0.2, 0.25) is 10.0 Å². The van der Waals surface area contributed by atoms with Gasteiger partial charge in [-0.2, -0.15) is 5.10 Å². The second-order valence-corrected chi connectivity index (χ2v) is 5.20. The number of unbranched alkanes of at least 4 members (excludes halogenated alkanes) is 1. The van der Waals surface area contributed by atoms with Crippen molar-refractivity contribution >= 4 is 15.8 Å². The van der Waals surface area contributed by atoms with Crippen LogP contribution in [0.1, 0.15) is 26.7 Å². The van der Waals surface area contributed by atoms with Crippen molar-refractivity contribution < 1.29 is 8.42 Å². The molecule has 1 aromatic rings. The Labute approximate surface area is 95.9 Å². The summed E-state index contributed by atoms with van der Waals surface area (Å²) in [6, 6.07) is 0. The number of nitrogens with zero attached hydrogens (tertiary/aromatic N) is 2. The van der Waals surface area contributed by atoms with Gasteiger partial charge in [-0.3, -0.25) is 0 Å². The fourth-order valence-corrected chi connectivity index (χ4v) is 2.43. The van der Waals surface area contributed by atoms with Gasteiger partial charge in [0.05, 0.1) is 6.20 Å². The summed E-state index contributed by atoms with van der Waals surface area (Å²) in [5.74, 6) is 0.187. The minimum Gasteiger partial charge on any atom is -0.383 e. The van der Waals surface area contributed by atoms with Crippen molar-refractivity contribution in [1.82, 2.24) is 14.5 Å². The molecule has 0 amide bonds. The molecule has 0 aromatic carbocycles. The fourth-order valence-electron chi connectivity index (χ4n) is 1.30. The Balaban J connectivity index is 2.86. The molecule has 0 unspecified atom stereocenters. The quantitative estimate of drug-likeness (QED) is 0.718. The molecule has 0 fully saturated rings. The van der Waals surface area contributed by atoms with Crippen molar-refractivity contribution in [1.29, 1.82) is 0 Å². The maximum atomic E-state index is 11.8. The van der Waals surface area contributed by atoms with E-state index in [-0.39, 0.29) is 10.7 Å². The highest BCUT2D eigenvalue weighted by molar-refractivity contribution is 7.89. The molecule has 0 bridgehead atoms. The third kappa shape index (κ3) is 2.73. The first-order valence-corrected chi connectivity index (χ1v) is 6.82. The van der Waals surface area contributed by atoms with Gasteiger partial charge in [-0.25, -0.2) is 17.8 Å². The van der Waals surface area contributed by atoms with Crippen LogP contribution in [0.5, 0.6) is 0 Å². The number of hydrogen-bond acceptors (Lipinski definition) is 4. The molecule has 1 rings (SSSR count). The lowest BCUT2D eigenvalue weighted by molar-refractivity contribution is 0.578. The maximum absolute atomic E-state index is 11.8. The van der Waals surface area contributed by atoms with Gasteiger partial charge in [0.25, 0.3) is 0 Å². The van der Waals surface area contributed by atoms with Gasteiger partial charge in [-0.05, 0) is 13.3 Å². The molecule has 0 saturated carbocycles. The largest absolute Gasteiger partial charge is 0.383 e. The monoisotopic (exact) mass is 246 g/mol. The van der Waals surface area contributed by atoms with Crippen LogP contribution < -0.4 is 10.5 Å². The molecular formula is C9H18N4O2S. The molecule has 1 aromatic heterocycles. The van der Waals surface area contributed by atoms with Crippen LogP contribution >= 0.6 is 0 Å². The van der Waals surface area contributed by atoms with E-state index in [1.807, 2.05) is 13.8 Å². The van der Waals surface area contributed by atoms with Crippen LogP contribution in [0.25, 0.3) is 0 Å². The first kappa shape index (κ1) is 13.0. The molecule has 0 saturated heterocycles. The second kappa shape index (κ2) is 5.31. The lowest BCUT2D eigenvalue weighted by Crippen LogP contribution is -2.25. The van der Waals surface area contributed by atoms with Crippen LogP contribution in [0.15, 0.2) is 11.1 Å². The number of anilines is 1. The van der Waals surface area contributed by atoms with Crippen molar-refractivity contribution in [3.8, 4) is 0 Å². The van der Waals surface area contributed by atoms with E-state index in [1.54, 1.807) is 0 Å². The second-order valence-electron chi connectivity index (χ2n) is 3.46. The molecule has 16 heavy (non-hydrogen) atoms. The predicted octanol–water partition coefficient (Wildman–Crippen LogP) is 0.564. The average molecular weight is 246 g/mol. The number of sulfonamides is 1. The van der Waals surface area contributed by atoms with Crippen LogP contribution in [0.3, 0.4) is 0 Å². The Bertz CT molecular complexity index is 438. The molecule has 0 aliphatic heterocycles. The summed E-state index contributed by atoms with van der Waals surface area (Å²) in [6.45, 7) is 4.83. The van der Waals surface area contributed by atoms with Gasteiger partial charge >= 0.3 is 0 Å². The van der Waals surface area contributed by atoms with E-state index in [4.69, 9.17) is 5.73 Å². The zero-order valence-corrected chi connectivity index (χ0v) is 10.4. The summed E-state index contributed by atoms with van der Waals surface area (Å²) in [4.78, 5) is 0.0606. The van der Waals surface area contributed by atoms with Gasteiger partial charge in [0, 0.05) is 13.1 Å². The Kier molecular flexibility index (Phi) is 4.31. The van der Waals surface area contributed by atoms with Gasteiger partial charge in [0.1, 0.15) is 10.7 Å². The first-order valence-electron chi connectivity index (χ1n) is 5.33. The molecule has 92 valence electrons. The van der Waals surface area contributed by atoms with Crippen LogP contribution in [0, 0.1) is 0 Å².